The number of amides is 3. The number of nitrogens with one attached hydrogen (secondary N) is 3. The fourth-order valence-electron chi connectivity index (χ4n) is 5.16. The maximum absolute atomic E-state index is 13.5. The van der Waals surface area contributed by atoms with Crippen molar-refractivity contribution in [1.29, 1.82) is 0 Å². The Hall–Kier alpha value is -4.09. The summed E-state index contributed by atoms with van der Waals surface area (Å²) in [7, 11) is 0. The fourth-order valence-corrected chi connectivity index (χ4v) is 7.69. The van der Waals surface area contributed by atoms with Gasteiger partial charge in [0.05, 0.1) is 28.0 Å². The lowest BCUT2D eigenvalue weighted by Gasteiger charge is -2.18. The zero-order valence-electron chi connectivity index (χ0n) is 26.2. The molecule has 0 radical (unpaired) electrons. The number of fused-ring (bicyclic) bond motifs is 1. The highest BCUT2D eigenvalue weighted by atomic mass is 35.5. The average Bonchev–Trinajstić information content (AvgIpc) is 3.42. The smallest absolute Gasteiger partial charge is 0.341 e. The summed E-state index contributed by atoms with van der Waals surface area (Å²) in [5, 5.41) is 9.51. The Balaban J connectivity index is 1.28. The van der Waals surface area contributed by atoms with Crippen LogP contribution in [-0.4, -0.2) is 36.1 Å². The van der Waals surface area contributed by atoms with E-state index >= 15 is 0 Å². The molecule has 0 fully saturated rings. The summed E-state index contributed by atoms with van der Waals surface area (Å²) in [6, 6.07) is 20.5. The molecule has 0 saturated carbocycles. The van der Waals surface area contributed by atoms with Crippen molar-refractivity contribution < 1.29 is 23.9 Å². The van der Waals surface area contributed by atoms with Crippen LogP contribution in [0.25, 0.3) is 6.08 Å². The van der Waals surface area contributed by atoms with E-state index in [-0.39, 0.29) is 29.0 Å². The number of hydrogen-bond acceptors (Lipinski definition) is 7. The minimum absolute atomic E-state index is 0.0455. The van der Waals surface area contributed by atoms with Crippen LogP contribution in [0.4, 0.5) is 10.7 Å². The van der Waals surface area contributed by atoms with E-state index in [0.29, 0.717) is 38.3 Å². The molecule has 3 amide bonds. The van der Waals surface area contributed by atoms with E-state index in [1.54, 1.807) is 73.7 Å². The predicted octanol–water partition coefficient (Wildman–Crippen LogP) is 8.50. The maximum Gasteiger partial charge on any atom is 0.341 e. The van der Waals surface area contributed by atoms with E-state index in [1.165, 1.54) is 29.2 Å². The summed E-state index contributed by atoms with van der Waals surface area (Å²) in [5.41, 5.74) is 2.67. The fraction of sp³-hybridized carbons (Fsp3) is 0.222. The highest BCUT2D eigenvalue weighted by Crippen LogP contribution is 2.40. The Morgan fingerprint density at radius 2 is 1.77 bits per heavy atom. The normalized spacial score (nSPS) is 14.1. The molecule has 48 heavy (non-hydrogen) atoms. The van der Waals surface area contributed by atoms with E-state index in [0.717, 1.165) is 34.6 Å². The number of carbonyl (C=O) groups excluding carboxylic acids is 4. The van der Waals surface area contributed by atoms with Gasteiger partial charge in [0, 0.05) is 21.0 Å². The second-order valence-corrected chi connectivity index (χ2v) is 14.1. The Labute approximate surface area is 297 Å². The van der Waals surface area contributed by atoms with Crippen LogP contribution in [0.2, 0.25) is 10.0 Å². The molecule has 1 heterocycles. The number of benzene rings is 3. The highest BCUT2D eigenvalue weighted by Gasteiger charge is 2.29. The standard InChI is InChI=1S/C36H33Cl2N3O5S2/c1-3-46-36(45)31-26-16-15-21(2)17-29(26)48-35(31)41-30(42)20-47-25-13-8-12-24(19-25)39-34(44)28(18-23-11-7-14-27(37)32(23)38)40-33(43)22-9-5-4-6-10-22/h4-14,18-19,21H,3,15-17,20H2,1-2H3,(H,39,44)(H,40,43)(H,41,42)/b28-18+. The lowest BCUT2D eigenvalue weighted by molar-refractivity contribution is -0.114. The van der Waals surface area contributed by atoms with E-state index in [2.05, 4.69) is 22.9 Å². The first-order valence-corrected chi connectivity index (χ1v) is 17.9. The number of thiophene rings is 1. The van der Waals surface area contributed by atoms with Crippen molar-refractivity contribution in [3.8, 4) is 0 Å². The Kier molecular flexibility index (Phi) is 12.0. The van der Waals surface area contributed by atoms with Gasteiger partial charge in [0.25, 0.3) is 11.8 Å². The number of thioether (sulfide) groups is 1. The summed E-state index contributed by atoms with van der Waals surface area (Å²) in [6.45, 7) is 4.20. The average molecular weight is 723 g/mol. The van der Waals surface area contributed by atoms with Gasteiger partial charge in [0.15, 0.2) is 0 Å². The van der Waals surface area contributed by atoms with Crippen molar-refractivity contribution in [2.75, 3.05) is 23.0 Å². The third-order valence-electron chi connectivity index (χ3n) is 7.52. The van der Waals surface area contributed by atoms with Crippen LogP contribution in [0.5, 0.6) is 0 Å². The Bertz CT molecular complexity index is 1880. The van der Waals surface area contributed by atoms with Crippen molar-refractivity contribution in [2.45, 2.75) is 38.0 Å². The van der Waals surface area contributed by atoms with Gasteiger partial charge in [-0.3, -0.25) is 14.4 Å². The summed E-state index contributed by atoms with van der Waals surface area (Å²) < 4.78 is 5.32. The van der Waals surface area contributed by atoms with E-state index < -0.39 is 17.8 Å². The second-order valence-electron chi connectivity index (χ2n) is 11.1. The Morgan fingerprint density at radius 3 is 2.54 bits per heavy atom. The molecule has 12 heteroatoms. The summed E-state index contributed by atoms with van der Waals surface area (Å²) in [4.78, 5) is 54.3. The highest BCUT2D eigenvalue weighted by molar-refractivity contribution is 8.00. The summed E-state index contributed by atoms with van der Waals surface area (Å²) in [5.74, 6) is -1.15. The van der Waals surface area contributed by atoms with Gasteiger partial charge in [-0.1, -0.05) is 66.5 Å². The molecule has 1 atom stereocenters. The largest absolute Gasteiger partial charge is 0.462 e. The Morgan fingerprint density at radius 1 is 1.00 bits per heavy atom. The van der Waals surface area contributed by atoms with Gasteiger partial charge in [0.1, 0.15) is 10.7 Å². The van der Waals surface area contributed by atoms with E-state index in [9.17, 15) is 19.2 Å². The van der Waals surface area contributed by atoms with Gasteiger partial charge in [-0.15, -0.1) is 23.1 Å². The molecule has 0 aliphatic heterocycles. The van der Waals surface area contributed by atoms with Crippen LogP contribution >= 0.6 is 46.3 Å². The van der Waals surface area contributed by atoms with Crippen LogP contribution in [0.1, 0.15) is 57.0 Å². The van der Waals surface area contributed by atoms with Gasteiger partial charge in [-0.2, -0.15) is 0 Å². The quantitative estimate of drug-likeness (QED) is 0.0813. The van der Waals surface area contributed by atoms with Gasteiger partial charge < -0.3 is 20.7 Å². The molecular formula is C36H33Cl2N3O5S2. The molecule has 1 unspecified atom stereocenters. The third kappa shape index (κ3) is 8.87. The summed E-state index contributed by atoms with van der Waals surface area (Å²) >= 11 is 15.3. The molecule has 1 aliphatic carbocycles. The SMILES string of the molecule is CCOC(=O)c1c(NC(=O)CSc2cccc(NC(=O)/C(=C\c3cccc(Cl)c3Cl)NC(=O)c3ccccc3)c2)sc2c1CCC(C)C2. The molecule has 248 valence electrons. The zero-order valence-corrected chi connectivity index (χ0v) is 29.4. The molecular weight excluding hydrogens is 689 g/mol. The van der Waals surface area contributed by atoms with Crippen LogP contribution in [0.15, 0.2) is 83.4 Å². The van der Waals surface area contributed by atoms with Gasteiger partial charge >= 0.3 is 5.97 Å². The first-order chi connectivity index (χ1) is 23.1. The predicted molar refractivity (Wildman–Crippen MR) is 194 cm³/mol. The van der Waals surface area contributed by atoms with Crippen molar-refractivity contribution in [3.63, 3.8) is 0 Å². The topological polar surface area (TPSA) is 114 Å². The van der Waals surface area contributed by atoms with E-state index in [1.807, 2.05) is 6.07 Å². The van der Waals surface area contributed by atoms with Crippen LogP contribution in [0.3, 0.4) is 0 Å². The number of halogens is 2. The maximum atomic E-state index is 13.5. The molecule has 0 bridgehead atoms. The molecule has 0 spiro atoms. The minimum atomic E-state index is -0.585. The molecule has 3 aromatic carbocycles. The van der Waals surface area contributed by atoms with E-state index in [4.69, 9.17) is 27.9 Å². The van der Waals surface area contributed by atoms with Crippen molar-refractivity contribution in [3.05, 3.63) is 116 Å². The lowest BCUT2D eigenvalue weighted by Crippen LogP contribution is -2.30. The van der Waals surface area contributed by atoms with Crippen LogP contribution in [-0.2, 0) is 27.2 Å². The van der Waals surface area contributed by atoms with Crippen molar-refractivity contribution in [2.24, 2.45) is 5.92 Å². The van der Waals surface area contributed by atoms with Gasteiger partial charge in [-0.25, -0.2) is 4.79 Å². The molecule has 8 nitrogen and oxygen atoms in total. The summed E-state index contributed by atoms with van der Waals surface area (Å²) in [6.07, 6.45) is 4.09. The third-order valence-corrected chi connectivity index (χ3v) is 10.5. The van der Waals surface area contributed by atoms with Crippen molar-refractivity contribution in [1.82, 2.24) is 5.32 Å². The second kappa shape index (κ2) is 16.3. The molecule has 3 N–H and O–H groups in total. The number of carbonyl (C=O) groups is 4. The number of anilines is 2. The van der Waals surface area contributed by atoms with Crippen LogP contribution < -0.4 is 16.0 Å². The molecule has 4 aromatic rings. The lowest BCUT2D eigenvalue weighted by atomic mass is 9.88. The number of hydrogen-bond donors (Lipinski definition) is 3. The van der Waals surface area contributed by atoms with Crippen LogP contribution in [0, 0.1) is 5.92 Å². The van der Waals surface area contributed by atoms with Crippen molar-refractivity contribution >= 4 is 86.8 Å². The first kappa shape index (κ1) is 35.2. The molecule has 5 rings (SSSR count). The molecule has 1 aliphatic rings. The number of esters is 1. The number of rotatable bonds is 11. The van der Waals surface area contributed by atoms with Gasteiger partial charge in [-0.05, 0) is 85.7 Å². The molecule has 0 saturated heterocycles. The minimum Gasteiger partial charge on any atom is -0.462 e. The number of ether oxygens (including phenoxy) is 1. The molecule has 1 aromatic heterocycles. The zero-order chi connectivity index (χ0) is 34.2. The van der Waals surface area contributed by atoms with Gasteiger partial charge in [0.2, 0.25) is 5.91 Å². The first-order valence-electron chi connectivity index (χ1n) is 15.3. The monoisotopic (exact) mass is 721 g/mol.